The Labute approximate surface area is 132 Å². The van der Waals surface area contributed by atoms with Gasteiger partial charge in [0, 0.05) is 26.2 Å². The largest absolute Gasteiger partial charge is 0.460 e. The van der Waals surface area contributed by atoms with Crippen LogP contribution in [-0.4, -0.2) is 86.3 Å². The molecule has 2 unspecified atom stereocenters. The third-order valence-corrected chi connectivity index (χ3v) is 3.96. The van der Waals surface area contributed by atoms with Crippen molar-refractivity contribution in [1.82, 2.24) is 9.80 Å². The first kappa shape index (κ1) is 19.6. The van der Waals surface area contributed by atoms with E-state index in [-0.39, 0.29) is 18.1 Å². The molecule has 0 aromatic heterocycles. The van der Waals surface area contributed by atoms with E-state index in [9.17, 15) is 35.1 Å². The van der Waals surface area contributed by atoms with Gasteiger partial charge in [0.05, 0.1) is 19.8 Å². The molecule has 2 aliphatic rings. The fraction of sp³-hybridized carbons (Fsp3) is 1.00. The first-order chi connectivity index (χ1) is 10.9. The Bertz CT molecular complexity index is 414. The van der Waals surface area contributed by atoms with E-state index < -0.39 is 63.3 Å². The Morgan fingerprint density at radius 1 is 0.833 bits per heavy atom. The number of ether oxygens (including phenoxy) is 2. The van der Waals surface area contributed by atoms with Crippen LogP contribution in [0.5, 0.6) is 0 Å². The summed E-state index contributed by atoms with van der Waals surface area (Å²) < 4.78 is 115. The first-order valence-electron chi connectivity index (χ1n) is 7.13. The molecule has 0 N–H and O–H groups in total. The van der Waals surface area contributed by atoms with Crippen molar-refractivity contribution in [2.45, 2.75) is 30.5 Å². The summed E-state index contributed by atoms with van der Waals surface area (Å²) in [6, 6.07) is -3.23. The second-order valence-corrected chi connectivity index (χ2v) is 5.54. The van der Waals surface area contributed by atoms with Crippen LogP contribution in [0.1, 0.15) is 0 Å². The minimum absolute atomic E-state index is 0.00467. The molecule has 2 rings (SSSR count). The number of piperazine rings is 1. The summed E-state index contributed by atoms with van der Waals surface area (Å²) in [4.78, 5) is 0.329. The van der Waals surface area contributed by atoms with Crippen molar-refractivity contribution in [3.05, 3.63) is 0 Å². The van der Waals surface area contributed by atoms with Crippen LogP contribution in [0.25, 0.3) is 0 Å². The van der Waals surface area contributed by atoms with Crippen LogP contribution in [-0.2, 0) is 9.47 Å². The average molecular weight is 372 g/mol. The first-order valence-corrected chi connectivity index (χ1v) is 7.13. The lowest BCUT2D eigenvalue weighted by Gasteiger charge is -2.44. The van der Waals surface area contributed by atoms with Crippen LogP contribution in [0.15, 0.2) is 0 Å². The number of hydrogen-bond donors (Lipinski definition) is 0. The maximum Gasteiger partial charge on any atom is 0.460 e. The molecule has 2 atom stereocenters. The summed E-state index contributed by atoms with van der Waals surface area (Å²) in [5.74, 6) is -4.35. The molecule has 0 aromatic carbocycles. The summed E-state index contributed by atoms with van der Waals surface area (Å²) >= 11 is 0. The molecule has 0 aromatic rings. The fourth-order valence-corrected chi connectivity index (χ4v) is 2.79. The van der Waals surface area contributed by atoms with Crippen molar-refractivity contribution in [3.63, 3.8) is 0 Å². The van der Waals surface area contributed by atoms with Gasteiger partial charge in [0.15, 0.2) is 6.04 Å². The topological polar surface area (TPSA) is 24.9 Å². The third-order valence-electron chi connectivity index (χ3n) is 3.96. The molecule has 0 spiro atoms. The number of rotatable bonds is 3. The normalized spacial score (nSPS) is 27.2. The van der Waals surface area contributed by atoms with Gasteiger partial charge in [-0.15, -0.1) is 0 Å². The molecule has 0 saturated carbocycles. The Hall–Kier alpha value is -0.720. The van der Waals surface area contributed by atoms with Crippen molar-refractivity contribution >= 4 is 0 Å². The van der Waals surface area contributed by atoms with Crippen LogP contribution in [0.3, 0.4) is 0 Å². The standard InChI is InChI=1S/C12H16F8N2O2/c13-10(14,8-7-23-5-6-24-8)9(11(15,16)17)21-1-3-22(4-2-21)12(18,19)20/h8-9H,1-7H2. The van der Waals surface area contributed by atoms with Crippen molar-refractivity contribution in [2.24, 2.45) is 0 Å². The van der Waals surface area contributed by atoms with Gasteiger partial charge in [0.25, 0.3) is 5.92 Å². The summed E-state index contributed by atoms with van der Waals surface area (Å²) in [7, 11) is 0. The van der Waals surface area contributed by atoms with E-state index in [0.29, 0.717) is 4.90 Å². The van der Waals surface area contributed by atoms with Crippen LogP contribution in [0, 0.1) is 0 Å². The predicted octanol–water partition coefficient (Wildman–Crippen LogP) is 2.11. The molecular weight excluding hydrogens is 356 g/mol. The summed E-state index contributed by atoms with van der Waals surface area (Å²) in [6.07, 6.45) is -12.1. The van der Waals surface area contributed by atoms with Crippen molar-refractivity contribution in [3.8, 4) is 0 Å². The molecule has 2 saturated heterocycles. The van der Waals surface area contributed by atoms with Gasteiger partial charge in [-0.3, -0.25) is 4.90 Å². The van der Waals surface area contributed by atoms with Gasteiger partial charge in [-0.25, -0.2) is 13.7 Å². The Balaban J connectivity index is 2.15. The second-order valence-electron chi connectivity index (χ2n) is 5.54. The monoisotopic (exact) mass is 372 g/mol. The summed E-state index contributed by atoms with van der Waals surface area (Å²) in [5, 5.41) is 0. The second kappa shape index (κ2) is 6.89. The van der Waals surface area contributed by atoms with Gasteiger partial charge in [-0.1, -0.05) is 0 Å². The van der Waals surface area contributed by atoms with E-state index in [1.54, 1.807) is 0 Å². The van der Waals surface area contributed by atoms with Gasteiger partial charge in [-0.2, -0.15) is 26.3 Å². The van der Waals surface area contributed by atoms with E-state index in [1.807, 2.05) is 0 Å². The van der Waals surface area contributed by atoms with Crippen molar-refractivity contribution in [2.75, 3.05) is 46.0 Å². The van der Waals surface area contributed by atoms with Crippen LogP contribution in [0.4, 0.5) is 35.1 Å². The molecule has 4 nitrogen and oxygen atoms in total. The summed E-state index contributed by atoms with van der Waals surface area (Å²) in [6.45, 7) is -4.18. The minimum atomic E-state index is -5.33. The van der Waals surface area contributed by atoms with Crippen molar-refractivity contribution < 1.29 is 44.6 Å². The highest BCUT2D eigenvalue weighted by atomic mass is 19.4. The molecule has 0 amide bonds. The van der Waals surface area contributed by atoms with E-state index in [2.05, 4.69) is 0 Å². The van der Waals surface area contributed by atoms with Crippen LogP contribution < -0.4 is 0 Å². The number of alkyl halides is 8. The SMILES string of the molecule is FC(F)(F)C(N1CCN(C(F)(F)F)CC1)C(F)(F)C1COCCO1. The van der Waals surface area contributed by atoms with E-state index in [4.69, 9.17) is 9.47 Å². The predicted molar refractivity (Wildman–Crippen MR) is 64.6 cm³/mol. The van der Waals surface area contributed by atoms with E-state index in [0.717, 1.165) is 0 Å². The molecule has 0 aliphatic carbocycles. The lowest BCUT2D eigenvalue weighted by atomic mass is 10.0. The molecule has 2 heterocycles. The molecule has 0 radical (unpaired) electrons. The van der Waals surface area contributed by atoms with Gasteiger partial charge in [0.1, 0.15) is 6.10 Å². The number of halogens is 8. The Kier molecular flexibility index (Phi) is 5.62. The zero-order valence-corrected chi connectivity index (χ0v) is 12.3. The van der Waals surface area contributed by atoms with Crippen LogP contribution in [0.2, 0.25) is 0 Å². The zero-order chi connectivity index (χ0) is 18.2. The lowest BCUT2D eigenvalue weighted by molar-refractivity contribution is -0.298. The number of hydrogen-bond acceptors (Lipinski definition) is 4. The van der Waals surface area contributed by atoms with Crippen molar-refractivity contribution in [1.29, 1.82) is 0 Å². The van der Waals surface area contributed by atoms with Crippen LogP contribution >= 0.6 is 0 Å². The van der Waals surface area contributed by atoms with E-state index >= 15 is 0 Å². The third kappa shape index (κ3) is 4.27. The lowest BCUT2D eigenvalue weighted by Crippen LogP contribution is -2.66. The molecule has 12 heteroatoms. The van der Waals surface area contributed by atoms with Gasteiger partial charge in [0.2, 0.25) is 0 Å². The molecule has 0 bridgehead atoms. The molecule has 24 heavy (non-hydrogen) atoms. The Morgan fingerprint density at radius 3 is 1.83 bits per heavy atom. The molecule has 2 fully saturated rings. The zero-order valence-electron chi connectivity index (χ0n) is 12.3. The highest BCUT2D eigenvalue weighted by Gasteiger charge is 2.63. The summed E-state index contributed by atoms with van der Waals surface area (Å²) in [5.41, 5.74) is 0. The average Bonchev–Trinajstić information content (AvgIpc) is 2.46. The van der Waals surface area contributed by atoms with E-state index in [1.165, 1.54) is 0 Å². The smallest absolute Gasteiger partial charge is 0.376 e. The highest BCUT2D eigenvalue weighted by Crippen LogP contribution is 2.40. The Morgan fingerprint density at radius 2 is 1.42 bits per heavy atom. The van der Waals surface area contributed by atoms with Gasteiger partial charge < -0.3 is 9.47 Å². The maximum absolute atomic E-state index is 14.4. The molecule has 2 aliphatic heterocycles. The van der Waals surface area contributed by atoms with Gasteiger partial charge in [-0.05, 0) is 0 Å². The highest BCUT2D eigenvalue weighted by molar-refractivity contribution is 4.98. The maximum atomic E-state index is 14.4. The van der Waals surface area contributed by atoms with Gasteiger partial charge >= 0.3 is 12.5 Å². The quantitative estimate of drug-likeness (QED) is 0.560. The molecular formula is C12H16F8N2O2. The minimum Gasteiger partial charge on any atom is -0.376 e. The number of nitrogens with zero attached hydrogens (tertiary/aromatic N) is 2. The molecule has 142 valence electrons. The fourth-order valence-electron chi connectivity index (χ4n) is 2.79.